The van der Waals surface area contributed by atoms with Crippen LogP contribution in [0.15, 0.2) is 53.8 Å². The number of aromatic nitrogens is 2. The van der Waals surface area contributed by atoms with Gasteiger partial charge in [-0.05, 0) is 24.3 Å². The number of hydrogen-bond acceptors (Lipinski definition) is 6. The largest absolute Gasteiger partial charge is 0.355 e. The van der Waals surface area contributed by atoms with Gasteiger partial charge in [0.15, 0.2) is 6.19 Å². The van der Waals surface area contributed by atoms with Crippen LogP contribution in [-0.4, -0.2) is 40.5 Å². The van der Waals surface area contributed by atoms with Crippen LogP contribution < -0.4 is 10.6 Å². The van der Waals surface area contributed by atoms with E-state index >= 15 is 0 Å². The number of aliphatic imine (C=N–C) groups is 1. The van der Waals surface area contributed by atoms with Gasteiger partial charge in [0.1, 0.15) is 0 Å². The molecule has 0 saturated heterocycles. The van der Waals surface area contributed by atoms with Gasteiger partial charge < -0.3 is 5.32 Å². The second-order valence-corrected chi connectivity index (χ2v) is 7.35. The molecule has 6 nitrogen and oxygen atoms in total. The van der Waals surface area contributed by atoms with Gasteiger partial charge >= 0.3 is 0 Å². The van der Waals surface area contributed by atoms with Crippen molar-refractivity contribution in [2.45, 2.75) is 11.5 Å². The van der Waals surface area contributed by atoms with Gasteiger partial charge in [0.25, 0.3) is 0 Å². The van der Waals surface area contributed by atoms with Crippen LogP contribution in [-0.2, 0) is 11.5 Å². The molecule has 0 aliphatic carbocycles. The van der Waals surface area contributed by atoms with Crippen molar-refractivity contribution >= 4 is 29.5 Å². The van der Waals surface area contributed by atoms with E-state index in [-0.39, 0.29) is 0 Å². The number of nitriles is 1. The van der Waals surface area contributed by atoms with Gasteiger partial charge in [-0.15, -0.1) is 0 Å². The van der Waals surface area contributed by atoms with Gasteiger partial charge in [0, 0.05) is 41.9 Å². The Hall–Kier alpha value is -2.24. The lowest BCUT2D eigenvalue weighted by molar-refractivity contribution is 0.916. The Morgan fingerprint density at radius 3 is 2.23 bits per heavy atom. The molecule has 0 amide bonds. The highest BCUT2D eigenvalue weighted by atomic mass is 32.2. The van der Waals surface area contributed by atoms with Crippen LogP contribution in [0.3, 0.4) is 0 Å². The lowest BCUT2D eigenvalue weighted by Gasteiger charge is -2.08. The summed E-state index contributed by atoms with van der Waals surface area (Å²) in [5, 5.41) is 14.6. The van der Waals surface area contributed by atoms with E-state index in [0.717, 1.165) is 40.9 Å². The van der Waals surface area contributed by atoms with Crippen LogP contribution in [0, 0.1) is 11.5 Å². The summed E-state index contributed by atoms with van der Waals surface area (Å²) in [6.45, 7) is 1.39. The van der Waals surface area contributed by atoms with Crippen molar-refractivity contribution < 1.29 is 0 Å². The molecule has 8 heteroatoms. The number of hydrogen-bond donors (Lipinski definition) is 2. The molecule has 2 N–H and O–H groups in total. The molecule has 0 saturated carbocycles. The molecule has 0 radical (unpaired) electrons. The third-order valence-electron chi connectivity index (χ3n) is 3.17. The Morgan fingerprint density at radius 2 is 1.65 bits per heavy atom. The van der Waals surface area contributed by atoms with E-state index in [1.54, 1.807) is 29.7 Å². The number of nitrogens with one attached hydrogen (secondary N) is 2. The molecule has 26 heavy (non-hydrogen) atoms. The van der Waals surface area contributed by atoms with Crippen molar-refractivity contribution in [2.75, 3.05) is 24.6 Å². The predicted octanol–water partition coefficient (Wildman–Crippen LogP) is 2.66. The number of pyridine rings is 2. The standard InChI is InChI=1S/C18H22N6S2/c19-15-24-18(22-9-11-25-13-16-5-1-3-7-20-16)23-10-12-26-14-17-6-2-4-8-21-17/h1-8H,9-14H2,(H2,22,23,24). The highest BCUT2D eigenvalue weighted by Crippen LogP contribution is 2.09. The molecule has 2 heterocycles. The summed E-state index contributed by atoms with van der Waals surface area (Å²) >= 11 is 3.57. The van der Waals surface area contributed by atoms with E-state index < -0.39 is 0 Å². The van der Waals surface area contributed by atoms with E-state index in [9.17, 15) is 0 Å². The molecule has 0 aliphatic rings. The zero-order valence-corrected chi connectivity index (χ0v) is 16.1. The summed E-state index contributed by atoms with van der Waals surface area (Å²) in [5.74, 6) is 4.07. The van der Waals surface area contributed by atoms with Gasteiger partial charge in [-0.1, -0.05) is 12.1 Å². The zero-order chi connectivity index (χ0) is 18.3. The molecule has 2 rings (SSSR count). The summed E-state index contributed by atoms with van der Waals surface area (Å²) in [4.78, 5) is 13.0. The van der Waals surface area contributed by atoms with E-state index in [4.69, 9.17) is 5.26 Å². The Bertz CT molecular complexity index is 688. The molecule has 0 spiro atoms. The molecule has 0 aromatic carbocycles. The molecule has 0 fully saturated rings. The smallest absolute Gasteiger partial charge is 0.204 e. The maximum atomic E-state index is 8.83. The SMILES string of the molecule is N#CNC(=NCCSCc1ccccn1)NCCSCc1ccccn1. The molecule has 0 aliphatic heterocycles. The minimum absolute atomic E-state index is 0.532. The van der Waals surface area contributed by atoms with E-state index in [1.807, 2.05) is 48.8 Å². The summed E-state index contributed by atoms with van der Waals surface area (Å²) in [7, 11) is 0. The second-order valence-electron chi connectivity index (χ2n) is 5.14. The normalized spacial score (nSPS) is 11.0. The van der Waals surface area contributed by atoms with Crippen LogP contribution in [0.1, 0.15) is 11.4 Å². The lowest BCUT2D eigenvalue weighted by Crippen LogP contribution is -2.36. The Balaban J connectivity index is 1.59. The van der Waals surface area contributed by atoms with Crippen molar-refractivity contribution in [1.29, 1.82) is 5.26 Å². The topological polar surface area (TPSA) is 86.0 Å². The van der Waals surface area contributed by atoms with Crippen molar-refractivity contribution in [3.63, 3.8) is 0 Å². The highest BCUT2D eigenvalue weighted by Gasteiger charge is 1.99. The minimum Gasteiger partial charge on any atom is -0.355 e. The Labute approximate surface area is 162 Å². The predicted molar refractivity (Wildman–Crippen MR) is 110 cm³/mol. The second kappa shape index (κ2) is 13.0. The monoisotopic (exact) mass is 386 g/mol. The third-order valence-corrected chi connectivity index (χ3v) is 5.13. The van der Waals surface area contributed by atoms with Crippen LogP contribution in [0.5, 0.6) is 0 Å². The highest BCUT2D eigenvalue weighted by molar-refractivity contribution is 7.98. The maximum absolute atomic E-state index is 8.83. The van der Waals surface area contributed by atoms with E-state index in [0.29, 0.717) is 12.5 Å². The first-order valence-electron chi connectivity index (χ1n) is 8.27. The van der Waals surface area contributed by atoms with E-state index in [2.05, 4.69) is 25.6 Å². The average molecular weight is 387 g/mol. The fourth-order valence-electron chi connectivity index (χ4n) is 1.98. The van der Waals surface area contributed by atoms with Gasteiger partial charge in [-0.25, -0.2) is 0 Å². The minimum atomic E-state index is 0.532. The van der Waals surface area contributed by atoms with Gasteiger partial charge in [-0.3, -0.25) is 20.3 Å². The maximum Gasteiger partial charge on any atom is 0.204 e. The summed E-state index contributed by atoms with van der Waals surface area (Å²) in [6.07, 6.45) is 5.54. The lowest BCUT2D eigenvalue weighted by atomic mass is 10.4. The number of nitrogens with zero attached hydrogens (tertiary/aromatic N) is 4. The first-order chi connectivity index (χ1) is 12.9. The Morgan fingerprint density at radius 1 is 1.00 bits per heavy atom. The number of thioether (sulfide) groups is 2. The van der Waals surface area contributed by atoms with Gasteiger partial charge in [0.05, 0.1) is 17.9 Å². The Kier molecular flexibility index (Phi) is 10.1. The molecular formula is C18H22N6S2. The van der Waals surface area contributed by atoms with Crippen LogP contribution in [0.4, 0.5) is 0 Å². The summed E-state index contributed by atoms with van der Waals surface area (Å²) < 4.78 is 0. The van der Waals surface area contributed by atoms with Crippen molar-refractivity contribution in [1.82, 2.24) is 20.6 Å². The average Bonchev–Trinajstić information content (AvgIpc) is 2.69. The first-order valence-corrected chi connectivity index (χ1v) is 10.6. The molecule has 136 valence electrons. The molecule has 2 aromatic heterocycles. The van der Waals surface area contributed by atoms with Gasteiger partial charge in [0.2, 0.25) is 5.96 Å². The zero-order valence-electron chi connectivity index (χ0n) is 14.5. The number of rotatable bonds is 10. The molecule has 2 aromatic rings. The summed E-state index contributed by atoms with van der Waals surface area (Å²) in [6, 6.07) is 11.9. The quantitative estimate of drug-likeness (QED) is 0.213. The summed E-state index contributed by atoms with van der Waals surface area (Å²) in [5.41, 5.74) is 2.14. The molecule has 0 bridgehead atoms. The molecule has 0 unspecified atom stereocenters. The van der Waals surface area contributed by atoms with E-state index in [1.165, 1.54) is 0 Å². The van der Waals surface area contributed by atoms with Crippen molar-refractivity contribution in [2.24, 2.45) is 4.99 Å². The fourth-order valence-corrected chi connectivity index (χ4v) is 3.49. The number of guanidine groups is 1. The van der Waals surface area contributed by atoms with Crippen LogP contribution >= 0.6 is 23.5 Å². The van der Waals surface area contributed by atoms with Crippen molar-refractivity contribution in [3.8, 4) is 6.19 Å². The molecular weight excluding hydrogens is 364 g/mol. The van der Waals surface area contributed by atoms with Crippen molar-refractivity contribution in [3.05, 3.63) is 60.2 Å². The first kappa shape index (κ1) is 20.1. The van der Waals surface area contributed by atoms with Crippen LogP contribution in [0.25, 0.3) is 0 Å². The van der Waals surface area contributed by atoms with Gasteiger partial charge in [-0.2, -0.15) is 28.8 Å². The van der Waals surface area contributed by atoms with Crippen LogP contribution in [0.2, 0.25) is 0 Å². The third kappa shape index (κ3) is 8.74. The fraction of sp³-hybridized carbons (Fsp3) is 0.333. The molecule has 0 atom stereocenters.